The van der Waals surface area contributed by atoms with E-state index >= 15 is 0 Å². The van der Waals surface area contributed by atoms with Crippen LogP contribution in [0, 0.1) is 13.8 Å². The summed E-state index contributed by atoms with van der Waals surface area (Å²) in [6, 6.07) is 9.94. The Bertz CT molecular complexity index is 862. The molecule has 3 rings (SSSR count). The summed E-state index contributed by atoms with van der Waals surface area (Å²) in [5.74, 6) is 0.472. The number of carbonyl (C=O) groups is 1. The van der Waals surface area contributed by atoms with E-state index in [0.717, 1.165) is 5.82 Å². The average Bonchev–Trinajstić information content (AvgIpc) is 3.11. The summed E-state index contributed by atoms with van der Waals surface area (Å²) in [5, 5.41) is 14.0. The SMILES string of the molecule is Cc1cccc(C(C)Nc2ccc(C(=O)Nc3nncs3)cn2)c1C. The molecule has 1 atom stereocenters. The normalized spacial score (nSPS) is 11.8. The van der Waals surface area contributed by atoms with Gasteiger partial charge < -0.3 is 5.32 Å². The van der Waals surface area contributed by atoms with Gasteiger partial charge in [-0.2, -0.15) is 0 Å². The number of aryl methyl sites for hydroxylation is 1. The van der Waals surface area contributed by atoms with E-state index in [1.54, 1.807) is 23.8 Å². The van der Waals surface area contributed by atoms with Gasteiger partial charge in [-0.05, 0) is 49.6 Å². The van der Waals surface area contributed by atoms with Crippen LogP contribution in [0.2, 0.25) is 0 Å². The molecule has 2 aromatic heterocycles. The lowest BCUT2D eigenvalue weighted by atomic mass is 9.98. The van der Waals surface area contributed by atoms with Gasteiger partial charge in [0.25, 0.3) is 5.91 Å². The Morgan fingerprint density at radius 3 is 2.72 bits per heavy atom. The van der Waals surface area contributed by atoms with Gasteiger partial charge in [0, 0.05) is 6.20 Å². The predicted molar refractivity (Wildman–Crippen MR) is 100 cm³/mol. The smallest absolute Gasteiger partial charge is 0.259 e. The minimum Gasteiger partial charge on any atom is -0.364 e. The first-order valence-electron chi connectivity index (χ1n) is 7.91. The van der Waals surface area contributed by atoms with Gasteiger partial charge in [0.2, 0.25) is 5.13 Å². The van der Waals surface area contributed by atoms with Crippen molar-refractivity contribution in [2.75, 3.05) is 10.6 Å². The van der Waals surface area contributed by atoms with Gasteiger partial charge in [-0.3, -0.25) is 10.1 Å². The monoisotopic (exact) mass is 353 g/mol. The summed E-state index contributed by atoms with van der Waals surface area (Å²) in [7, 11) is 0. The van der Waals surface area contributed by atoms with Gasteiger partial charge in [-0.1, -0.05) is 29.5 Å². The number of nitrogens with zero attached hydrogens (tertiary/aromatic N) is 3. The first kappa shape index (κ1) is 17.0. The van der Waals surface area contributed by atoms with Crippen LogP contribution in [-0.4, -0.2) is 21.1 Å². The van der Waals surface area contributed by atoms with Crippen molar-refractivity contribution in [1.82, 2.24) is 15.2 Å². The van der Waals surface area contributed by atoms with E-state index in [0.29, 0.717) is 10.7 Å². The molecule has 7 heteroatoms. The van der Waals surface area contributed by atoms with Crippen molar-refractivity contribution in [2.45, 2.75) is 26.8 Å². The molecule has 0 saturated heterocycles. The molecule has 2 heterocycles. The summed E-state index contributed by atoms with van der Waals surface area (Å²) in [4.78, 5) is 16.5. The van der Waals surface area contributed by atoms with E-state index in [-0.39, 0.29) is 11.9 Å². The lowest BCUT2D eigenvalue weighted by Crippen LogP contribution is -2.13. The number of rotatable bonds is 5. The van der Waals surface area contributed by atoms with Crippen molar-refractivity contribution in [3.63, 3.8) is 0 Å². The predicted octanol–water partition coefficient (Wildman–Crippen LogP) is 3.98. The molecule has 0 radical (unpaired) electrons. The van der Waals surface area contributed by atoms with E-state index in [4.69, 9.17) is 0 Å². The zero-order valence-corrected chi connectivity index (χ0v) is 15.1. The molecule has 2 N–H and O–H groups in total. The highest BCUT2D eigenvalue weighted by atomic mass is 32.1. The molecule has 3 aromatic rings. The summed E-state index contributed by atoms with van der Waals surface area (Å²) < 4.78 is 0. The molecule has 0 saturated carbocycles. The fraction of sp³-hybridized carbons (Fsp3) is 0.222. The van der Waals surface area contributed by atoms with Crippen LogP contribution in [0.1, 0.15) is 40.0 Å². The van der Waals surface area contributed by atoms with Crippen LogP contribution < -0.4 is 10.6 Å². The van der Waals surface area contributed by atoms with E-state index in [2.05, 4.69) is 64.8 Å². The van der Waals surface area contributed by atoms with Crippen molar-refractivity contribution in [1.29, 1.82) is 0 Å². The van der Waals surface area contributed by atoms with Crippen LogP contribution in [-0.2, 0) is 0 Å². The highest BCUT2D eigenvalue weighted by Gasteiger charge is 2.12. The molecule has 0 fully saturated rings. The molecule has 25 heavy (non-hydrogen) atoms. The fourth-order valence-corrected chi connectivity index (χ4v) is 2.99. The number of hydrogen-bond acceptors (Lipinski definition) is 6. The van der Waals surface area contributed by atoms with Crippen molar-refractivity contribution >= 4 is 28.2 Å². The Morgan fingerprint density at radius 2 is 2.04 bits per heavy atom. The number of anilines is 2. The Morgan fingerprint density at radius 1 is 1.20 bits per heavy atom. The Labute approximate surface area is 150 Å². The third-order valence-corrected chi connectivity index (χ3v) is 4.69. The topological polar surface area (TPSA) is 79.8 Å². The second-order valence-corrected chi connectivity index (χ2v) is 6.62. The van der Waals surface area contributed by atoms with Gasteiger partial charge in [-0.15, -0.1) is 10.2 Å². The lowest BCUT2D eigenvalue weighted by molar-refractivity contribution is 0.102. The van der Waals surface area contributed by atoms with Gasteiger partial charge in [0.05, 0.1) is 11.6 Å². The van der Waals surface area contributed by atoms with Crippen molar-refractivity contribution in [2.24, 2.45) is 0 Å². The Hall–Kier alpha value is -2.80. The van der Waals surface area contributed by atoms with E-state index < -0.39 is 0 Å². The summed E-state index contributed by atoms with van der Waals surface area (Å²) in [5.41, 5.74) is 5.81. The van der Waals surface area contributed by atoms with E-state index in [1.807, 2.05) is 0 Å². The third-order valence-electron chi connectivity index (χ3n) is 4.08. The molecule has 0 aliphatic rings. The standard InChI is InChI=1S/C18H19N5OS/c1-11-5-4-6-15(12(11)2)13(3)21-16-8-7-14(9-19-16)17(24)22-18-23-20-10-25-18/h4-10,13H,1-3H3,(H,19,21)(H,22,23,24). The second kappa shape index (κ2) is 7.40. The molecule has 0 bridgehead atoms. The molecule has 6 nitrogen and oxygen atoms in total. The van der Waals surface area contributed by atoms with Gasteiger partial charge >= 0.3 is 0 Å². The summed E-state index contributed by atoms with van der Waals surface area (Å²) in [6.45, 7) is 6.33. The molecular formula is C18H19N5OS. The molecular weight excluding hydrogens is 334 g/mol. The highest BCUT2D eigenvalue weighted by Crippen LogP contribution is 2.23. The molecule has 1 aromatic carbocycles. The van der Waals surface area contributed by atoms with Crippen LogP contribution in [0.15, 0.2) is 42.0 Å². The number of hydrogen-bond donors (Lipinski definition) is 2. The van der Waals surface area contributed by atoms with Gasteiger partial charge in [0.15, 0.2) is 0 Å². The molecule has 0 aliphatic carbocycles. The number of benzene rings is 1. The first-order valence-corrected chi connectivity index (χ1v) is 8.79. The molecule has 128 valence electrons. The van der Waals surface area contributed by atoms with Crippen molar-refractivity contribution in [3.05, 3.63) is 64.3 Å². The Balaban J connectivity index is 1.68. The van der Waals surface area contributed by atoms with Gasteiger partial charge in [0.1, 0.15) is 11.3 Å². The first-order chi connectivity index (χ1) is 12.0. The molecule has 1 unspecified atom stereocenters. The minimum absolute atomic E-state index is 0.119. The summed E-state index contributed by atoms with van der Waals surface area (Å²) >= 11 is 1.27. The zero-order chi connectivity index (χ0) is 17.8. The van der Waals surface area contributed by atoms with Crippen LogP contribution in [0.4, 0.5) is 10.9 Å². The number of carbonyl (C=O) groups excluding carboxylic acids is 1. The van der Waals surface area contributed by atoms with E-state index in [9.17, 15) is 4.79 Å². The van der Waals surface area contributed by atoms with Crippen LogP contribution >= 0.6 is 11.3 Å². The number of pyridine rings is 1. The number of amides is 1. The average molecular weight is 353 g/mol. The molecule has 0 spiro atoms. The van der Waals surface area contributed by atoms with E-state index in [1.165, 1.54) is 28.0 Å². The third kappa shape index (κ3) is 4.00. The number of aromatic nitrogens is 3. The maximum Gasteiger partial charge on any atom is 0.259 e. The van der Waals surface area contributed by atoms with Crippen molar-refractivity contribution < 1.29 is 4.79 Å². The number of nitrogens with one attached hydrogen (secondary N) is 2. The van der Waals surface area contributed by atoms with Gasteiger partial charge in [-0.25, -0.2) is 4.98 Å². The van der Waals surface area contributed by atoms with Crippen molar-refractivity contribution in [3.8, 4) is 0 Å². The quantitative estimate of drug-likeness (QED) is 0.725. The highest BCUT2D eigenvalue weighted by molar-refractivity contribution is 7.13. The molecule has 1 amide bonds. The Kier molecular flexibility index (Phi) is 5.04. The fourth-order valence-electron chi connectivity index (χ4n) is 2.55. The maximum absolute atomic E-state index is 12.1. The zero-order valence-electron chi connectivity index (χ0n) is 14.3. The summed E-state index contributed by atoms with van der Waals surface area (Å²) in [6.07, 6.45) is 1.55. The lowest BCUT2D eigenvalue weighted by Gasteiger charge is -2.18. The van der Waals surface area contributed by atoms with Crippen LogP contribution in [0.5, 0.6) is 0 Å². The minimum atomic E-state index is -0.252. The maximum atomic E-state index is 12.1. The van der Waals surface area contributed by atoms with Crippen LogP contribution in [0.25, 0.3) is 0 Å². The molecule has 0 aliphatic heterocycles. The second-order valence-electron chi connectivity index (χ2n) is 5.79. The largest absolute Gasteiger partial charge is 0.364 e. The van der Waals surface area contributed by atoms with Crippen LogP contribution in [0.3, 0.4) is 0 Å².